The Morgan fingerprint density at radius 1 is 1.47 bits per heavy atom. The van der Waals surface area contributed by atoms with Gasteiger partial charge in [0.15, 0.2) is 0 Å². The Balaban J connectivity index is 2.23. The second kappa shape index (κ2) is 4.08. The molecule has 1 unspecified atom stereocenters. The first-order valence-electron chi connectivity index (χ1n) is 6.75. The summed E-state index contributed by atoms with van der Waals surface area (Å²) in [6, 6.07) is 4.76. The maximum Gasteiger partial charge on any atom is 0.261 e. The van der Waals surface area contributed by atoms with Gasteiger partial charge in [-0.1, -0.05) is 13.8 Å². The van der Waals surface area contributed by atoms with Crippen molar-refractivity contribution in [3.63, 3.8) is 0 Å². The molecule has 0 bridgehead atoms. The normalized spacial score (nSPS) is 22.4. The number of aromatic hydroxyl groups is 1. The van der Waals surface area contributed by atoms with E-state index in [0.717, 1.165) is 31.6 Å². The lowest BCUT2D eigenvalue weighted by Crippen LogP contribution is -2.37. The third-order valence-corrected chi connectivity index (χ3v) is 4.36. The lowest BCUT2D eigenvalue weighted by molar-refractivity contribution is 0.204. The topological polar surface area (TPSA) is 55.1 Å². The van der Waals surface area contributed by atoms with E-state index in [1.54, 1.807) is 18.2 Å². The third-order valence-electron chi connectivity index (χ3n) is 4.36. The summed E-state index contributed by atoms with van der Waals surface area (Å²) in [5.41, 5.74) is 0.791. The number of hydrogen-bond acceptors (Lipinski definition) is 3. The minimum atomic E-state index is 0.0133. The number of rotatable bonds is 1. The second-order valence-corrected chi connectivity index (χ2v) is 5.78. The molecule has 0 amide bonds. The standard InChI is InChI=1S/C15H18N2O2/c1-3-15(2)7-6-13-16-12-8-10(18)4-5-11(12)14(19)17(13)9-15/h4-5,8,18H,3,6-7,9H2,1-2H3. The summed E-state index contributed by atoms with van der Waals surface area (Å²) in [7, 11) is 0. The van der Waals surface area contributed by atoms with Crippen molar-refractivity contribution in [2.45, 2.75) is 39.7 Å². The van der Waals surface area contributed by atoms with E-state index in [9.17, 15) is 9.90 Å². The van der Waals surface area contributed by atoms with Crippen molar-refractivity contribution < 1.29 is 5.11 Å². The molecule has 3 rings (SSSR count). The fourth-order valence-electron chi connectivity index (χ4n) is 2.77. The molecule has 1 aromatic heterocycles. The second-order valence-electron chi connectivity index (χ2n) is 5.78. The number of aryl methyl sites for hydroxylation is 1. The van der Waals surface area contributed by atoms with Gasteiger partial charge in [0.25, 0.3) is 5.56 Å². The van der Waals surface area contributed by atoms with Crippen LogP contribution in [0.2, 0.25) is 0 Å². The van der Waals surface area contributed by atoms with Crippen molar-refractivity contribution in [1.82, 2.24) is 9.55 Å². The monoisotopic (exact) mass is 258 g/mol. The zero-order valence-electron chi connectivity index (χ0n) is 11.3. The molecule has 1 atom stereocenters. The van der Waals surface area contributed by atoms with Crippen LogP contribution < -0.4 is 5.56 Å². The molecule has 100 valence electrons. The first-order valence-corrected chi connectivity index (χ1v) is 6.75. The van der Waals surface area contributed by atoms with Gasteiger partial charge < -0.3 is 5.11 Å². The van der Waals surface area contributed by atoms with Crippen LogP contribution in [0.4, 0.5) is 0 Å². The van der Waals surface area contributed by atoms with E-state index in [1.165, 1.54) is 0 Å². The van der Waals surface area contributed by atoms with Crippen LogP contribution in [-0.2, 0) is 13.0 Å². The minimum Gasteiger partial charge on any atom is -0.508 e. The summed E-state index contributed by atoms with van der Waals surface area (Å²) in [4.78, 5) is 17.1. The van der Waals surface area contributed by atoms with Crippen molar-refractivity contribution >= 4 is 10.9 Å². The van der Waals surface area contributed by atoms with Gasteiger partial charge in [0.05, 0.1) is 10.9 Å². The molecular weight excluding hydrogens is 240 g/mol. The van der Waals surface area contributed by atoms with Gasteiger partial charge >= 0.3 is 0 Å². The zero-order chi connectivity index (χ0) is 13.6. The van der Waals surface area contributed by atoms with Crippen LogP contribution >= 0.6 is 0 Å². The molecule has 1 N–H and O–H groups in total. The van der Waals surface area contributed by atoms with Gasteiger partial charge in [-0.2, -0.15) is 0 Å². The number of hydrogen-bond donors (Lipinski definition) is 1. The summed E-state index contributed by atoms with van der Waals surface area (Å²) in [5.74, 6) is 0.993. The fraction of sp³-hybridized carbons (Fsp3) is 0.467. The van der Waals surface area contributed by atoms with Gasteiger partial charge in [-0.3, -0.25) is 9.36 Å². The molecular formula is C15H18N2O2. The Bertz CT molecular complexity index is 705. The molecule has 0 fully saturated rings. The van der Waals surface area contributed by atoms with Crippen LogP contribution in [-0.4, -0.2) is 14.7 Å². The summed E-state index contributed by atoms with van der Waals surface area (Å²) in [6.07, 6.45) is 2.94. The van der Waals surface area contributed by atoms with Gasteiger partial charge in [-0.15, -0.1) is 0 Å². The highest BCUT2D eigenvalue weighted by molar-refractivity contribution is 5.79. The maximum absolute atomic E-state index is 12.5. The van der Waals surface area contributed by atoms with E-state index < -0.39 is 0 Å². The van der Waals surface area contributed by atoms with Crippen molar-refractivity contribution in [1.29, 1.82) is 0 Å². The first-order chi connectivity index (χ1) is 9.02. The molecule has 0 saturated heterocycles. The highest BCUT2D eigenvalue weighted by atomic mass is 16.3. The van der Waals surface area contributed by atoms with Gasteiger partial charge in [-0.25, -0.2) is 4.98 Å². The fourth-order valence-corrected chi connectivity index (χ4v) is 2.77. The SMILES string of the molecule is CCC1(C)CCc2nc3cc(O)ccc3c(=O)n2C1. The van der Waals surface area contributed by atoms with Gasteiger partial charge in [0.2, 0.25) is 0 Å². The van der Waals surface area contributed by atoms with Crippen molar-refractivity contribution in [2.75, 3.05) is 0 Å². The van der Waals surface area contributed by atoms with Crippen LogP contribution in [0.1, 0.15) is 32.5 Å². The number of fused-ring (bicyclic) bond motifs is 2. The molecule has 0 aliphatic carbocycles. The molecule has 1 aliphatic rings. The van der Waals surface area contributed by atoms with E-state index in [1.807, 2.05) is 4.57 Å². The molecule has 0 spiro atoms. The van der Waals surface area contributed by atoms with E-state index in [-0.39, 0.29) is 16.7 Å². The summed E-state index contributed by atoms with van der Waals surface area (Å²) < 4.78 is 1.81. The van der Waals surface area contributed by atoms with Gasteiger partial charge in [0, 0.05) is 19.0 Å². The average Bonchev–Trinajstić information content (AvgIpc) is 2.40. The predicted molar refractivity (Wildman–Crippen MR) is 74.4 cm³/mol. The van der Waals surface area contributed by atoms with Crippen molar-refractivity contribution in [3.05, 3.63) is 34.4 Å². The number of phenols is 1. The third kappa shape index (κ3) is 1.91. The Labute approximate surface area is 111 Å². The maximum atomic E-state index is 12.5. The Kier molecular flexibility index (Phi) is 2.62. The molecule has 2 aromatic rings. The Morgan fingerprint density at radius 3 is 3.00 bits per heavy atom. The Hall–Kier alpha value is -1.84. The van der Waals surface area contributed by atoms with E-state index in [0.29, 0.717) is 10.9 Å². The van der Waals surface area contributed by atoms with E-state index in [2.05, 4.69) is 18.8 Å². The number of aromatic nitrogens is 2. The smallest absolute Gasteiger partial charge is 0.261 e. The highest BCUT2D eigenvalue weighted by Gasteiger charge is 2.29. The van der Waals surface area contributed by atoms with Gasteiger partial charge in [-0.05, 0) is 30.4 Å². The number of nitrogens with zero attached hydrogens (tertiary/aromatic N) is 2. The average molecular weight is 258 g/mol. The van der Waals surface area contributed by atoms with E-state index >= 15 is 0 Å². The van der Waals surface area contributed by atoms with Crippen LogP contribution in [0.25, 0.3) is 10.9 Å². The zero-order valence-corrected chi connectivity index (χ0v) is 11.3. The van der Waals surface area contributed by atoms with Crippen LogP contribution in [0.3, 0.4) is 0 Å². The molecule has 4 nitrogen and oxygen atoms in total. The number of benzene rings is 1. The summed E-state index contributed by atoms with van der Waals surface area (Å²) in [6.45, 7) is 5.13. The molecule has 19 heavy (non-hydrogen) atoms. The molecule has 0 saturated carbocycles. The first kappa shape index (κ1) is 12.2. The molecule has 1 aromatic carbocycles. The molecule has 0 radical (unpaired) electrons. The predicted octanol–water partition coefficient (Wildman–Crippen LogP) is 2.46. The lowest BCUT2D eigenvalue weighted by atomic mass is 9.80. The van der Waals surface area contributed by atoms with Gasteiger partial charge in [0.1, 0.15) is 11.6 Å². The largest absolute Gasteiger partial charge is 0.508 e. The summed E-state index contributed by atoms with van der Waals surface area (Å²) >= 11 is 0. The lowest BCUT2D eigenvalue weighted by Gasteiger charge is -2.34. The van der Waals surface area contributed by atoms with Crippen LogP contribution in [0.15, 0.2) is 23.0 Å². The van der Waals surface area contributed by atoms with Crippen molar-refractivity contribution in [2.24, 2.45) is 5.41 Å². The number of phenolic OH excluding ortho intramolecular Hbond substituents is 1. The molecule has 2 heterocycles. The Morgan fingerprint density at radius 2 is 2.26 bits per heavy atom. The molecule has 1 aliphatic heterocycles. The molecule has 4 heteroatoms. The van der Waals surface area contributed by atoms with E-state index in [4.69, 9.17) is 0 Å². The van der Waals surface area contributed by atoms with Crippen molar-refractivity contribution in [3.8, 4) is 5.75 Å². The quantitative estimate of drug-likeness (QED) is 0.855. The minimum absolute atomic E-state index is 0.0133. The highest BCUT2D eigenvalue weighted by Crippen LogP contribution is 2.33. The van der Waals surface area contributed by atoms with Crippen LogP contribution in [0, 0.1) is 5.41 Å². The van der Waals surface area contributed by atoms with Crippen LogP contribution in [0.5, 0.6) is 5.75 Å². The summed E-state index contributed by atoms with van der Waals surface area (Å²) in [5, 5.41) is 10.1.